The van der Waals surface area contributed by atoms with Crippen LogP contribution in [0.3, 0.4) is 0 Å². The van der Waals surface area contributed by atoms with Crippen LogP contribution >= 0.6 is 31.9 Å². The quantitative estimate of drug-likeness (QED) is 0.881. The van der Waals surface area contributed by atoms with Crippen molar-refractivity contribution >= 4 is 37.8 Å². The van der Waals surface area contributed by atoms with Crippen molar-refractivity contribution in [1.29, 1.82) is 0 Å². The highest BCUT2D eigenvalue weighted by Gasteiger charge is 2.22. The Kier molecular flexibility index (Phi) is 3.54. The largest absolute Gasteiger partial charge is 0.508 e. The second-order valence-corrected chi connectivity index (χ2v) is 5.59. The minimum atomic E-state index is -0.157. The Balaban J connectivity index is 2.14. The lowest BCUT2D eigenvalue weighted by atomic mass is 10.2. The van der Waals surface area contributed by atoms with Gasteiger partial charge >= 0.3 is 0 Å². The predicted molar refractivity (Wildman–Crippen MR) is 68.6 cm³/mol. The van der Waals surface area contributed by atoms with Gasteiger partial charge in [-0.05, 0) is 62.8 Å². The second-order valence-electron chi connectivity index (χ2n) is 3.94. The first-order chi connectivity index (χ1) is 7.58. The number of hydrogen-bond acceptors (Lipinski definition) is 2. The van der Waals surface area contributed by atoms with E-state index in [4.69, 9.17) is 0 Å². The number of halogens is 2. The van der Waals surface area contributed by atoms with Crippen molar-refractivity contribution in [2.24, 2.45) is 5.92 Å². The molecule has 1 saturated carbocycles. The standard InChI is InChI=1S/C11H11Br2NO2/c12-9-4-7(15)3-8(10(9)13)11(16)14-5-6-1-2-6/h3-4,6,15H,1-2,5H2,(H,14,16). The first-order valence-corrected chi connectivity index (χ1v) is 6.62. The van der Waals surface area contributed by atoms with E-state index in [1.54, 1.807) is 6.07 Å². The van der Waals surface area contributed by atoms with Crippen molar-refractivity contribution in [3.05, 3.63) is 26.6 Å². The summed E-state index contributed by atoms with van der Waals surface area (Å²) in [4.78, 5) is 11.8. The van der Waals surface area contributed by atoms with Crippen LogP contribution in [0.1, 0.15) is 23.2 Å². The number of carbonyl (C=O) groups excluding carboxylic acids is 1. The van der Waals surface area contributed by atoms with E-state index < -0.39 is 0 Å². The maximum atomic E-state index is 11.8. The molecule has 16 heavy (non-hydrogen) atoms. The van der Waals surface area contributed by atoms with Crippen molar-refractivity contribution in [3.63, 3.8) is 0 Å². The van der Waals surface area contributed by atoms with Gasteiger partial charge in [-0.3, -0.25) is 4.79 Å². The van der Waals surface area contributed by atoms with Gasteiger partial charge in [0.1, 0.15) is 5.75 Å². The van der Waals surface area contributed by atoms with Crippen LogP contribution in [0.15, 0.2) is 21.1 Å². The zero-order chi connectivity index (χ0) is 11.7. The van der Waals surface area contributed by atoms with Crippen molar-refractivity contribution in [2.75, 3.05) is 6.54 Å². The zero-order valence-electron chi connectivity index (χ0n) is 8.46. The molecule has 5 heteroatoms. The number of carbonyl (C=O) groups is 1. The lowest BCUT2D eigenvalue weighted by Crippen LogP contribution is -2.25. The molecule has 0 bridgehead atoms. The number of aromatic hydroxyl groups is 1. The number of phenols is 1. The average Bonchev–Trinajstić information content (AvgIpc) is 3.03. The van der Waals surface area contributed by atoms with Gasteiger partial charge in [-0.25, -0.2) is 0 Å². The SMILES string of the molecule is O=C(NCC1CC1)c1cc(O)cc(Br)c1Br. The molecule has 0 spiro atoms. The van der Waals surface area contributed by atoms with Gasteiger partial charge in [0, 0.05) is 15.5 Å². The van der Waals surface area contributed by atoms with Crippen LogP contribution in [0.25, 0.3) is 0 Å². The molecule has 0 aliphatic heterocycles. The summed E-state index contributed by atoms with van der Waals surface area (Å²) >= 11 is 6.59. The maximum absolute atomic E-state index is 11.8. The third-order valence-electron chi connectivity index (χ3n) is 2.51. The van der Waals surface area contributed by atoms with E-state index in [-0.39, 0.29) is 11.7 Å². The molecule has 0 radical (unpaired) electrons. The highest BCUT2D eigenvalue weighted by Crippen LogP contribution is 2.31. The van der Waals surface area contributed by atoms with Gasteiger partial charge in [0.2, 0.25) is 0 Å². The Morgan fingerprint density at radius 1 is 1.44 bits per heavy atom. The fraction of sp³-hybridized carbons (Fsp3) is 0.364. The van der Waals surface area contributed by atoms with E-state index in [0.29, 0.717) is 20.4 Å². The molecule has 1 aromatic carbocycles. The van der Waals surface area contributed by atoms with Gasteiger partial charge in [-0.1, -0.05) is 0 Å². The van der Waals surface area contributed by atoms with Crippen LogP contribution in [0.5, 0.6) is 5.75 Å². The number of amides is 1. The maximum Gasteiger partial charge on any atom is 0.252 e. The zero-order valence-corrected chi connectivity index (χ0v) is 11.6. The average molecular weight is 349 g/mol. The third kappa shape index (κ3) is 2.77. The summed E-state index contributed by atoms with van der Waals surface area (Å²) in [6, 6.07) is 3.00. The Morgan fingerprint density at radius 2 is 2.12 bits per heavy atom. The van der Waals surface area contributed by atoms with Crippen LogP contribution in [0, 0.1) is 5.92 Å². The Bertz CT molecular complexity index is 430. The van der Waals surface area contributed by atoms with E-state index in [1.165, 1.54) is 18.9 Å². The smallest absolute Gasteiger partial charge is 0.252 e. The summed E-state index contributed by atoms with van der Waals surface area (Å²) in [5.41, 5.74) is 0.451. The van der Waals surface area contributed by atoms with Crippen LogP contribution in [-0.4, -0.2) is 17.6 Å². The number of rotatable bonds is 3. The second kappa shape index (κ2) is 4.75. The van der Waals surface area contributed by atoms with Crippen molar-refractivity contribution in [3.8, 4) is 5.75 Å². The summed E-state index contributed by atoms with van der Waals surface area (Å²) in [5.74, 6) is 0.561. The summed E-state index contributed by atoms with van der Waals surface area (Å²) in [5, 5.41) is 12.3. The Morgan fingerprint density at radius 3 is 2.75 bits per heavy atom. The number of hydrogen-bond donors (Lipinski definition) is 2. The summed E-state index contributed by atoms with van der Waals surface area (Å²) in [6.07, 6.45) is 2.40. The summed E-state index contributed by atoms with van der Waals surface area (Å²) in [7, 11) is 0. The van der Waals surface area contributed by atoms with E-state index >= 15 is 0 Å². The molecule has 0 unspecified atom stereocenters. The molecule has 3 nitrogen and oxygen atoms in total. The molecule has 86 valence electrons. The molecule has 1 aliphatic rings. The van der Waals surface area contributed by atoms with Gasteiger partial charge < -0.3 is 10.4 Å². The van der Waals surface area contributed by atoms with Gasteiger partial charge in [0.15, 0.2) is 0 Å². The third-order valence-corrected chi connectivity index (χ3v) is 4.52. The molecule has 0 heterocycles. The number of phenolic OH excluding ortho intramolecular Hbond substituents is 1. The number of benzene rings is 1. The first-order valence-electron chi connectivity index (χ1n) is 5.04. The van der Waals surface area contributed by atoms with Crippen molar-refractivity contribution in [2.45, 2.75) is 12.8 Å². The summed E-state index contributed by atoms with van der Waals surface area (Å²) in [6.45, 7) is 0.721. The molecular formula is C11H11Br2NO2. The molecule has 0 atom stereocenters. The van der Waals surface area contributed by atoms with Crippen LogP contribution in [0.4, 0.5) is 0 Å². The van der Waals surface area contributed by atoms with Gasteiger partial charge in [0.25, 0.3) is 5.91 Å². The molecule has 1 amide bonds. The highest BCUT2D eigenvalue weighted by molar-refractivity contribution is 9.13. The molecule has 1 fully saturated rings. The molecule has 2 rings (SSSR count). The molecule has 0 saturated heterocycles. The minimum Gasteiger partial charge on any atom is -0.508 e. The fourth-order valence-electron chi connectivity index (χ4n) is 1.39. The lowest BCUT2D eigenvalue weighted by molar-refractivity contribution is 0.0950. The van der Waals surface area contributed by atoms with Crippen molar-refractivity contribution in [1.82, 2.24) is 5.32 Å². The van der Waals surface area contributed by atoms with Gasteiger partial charge in [-0.15, -0.1) is 0 Å². The first kappa shape index (κ1) is 11.9. The predicted octanol–water partition coefficient (Wildman–Crippen LogP) is 3.06. The fourth-order valence-corrected chi connectivity index (χ4v) is 2.25. The van der Waals surface area contributed by atoms with Crippen LogP contribution < -0.4 is 5.32 Å². The van der Waals surface area contributed by atoms with E-state index in [0.717, 1.165) is 6.54 Å². The monoisotopic (exact) mass is 347 g/mol. The normalized spacial score (nSPS) is 14.9. The van der Waals surface area contributed by atoms with E-state index in [9.17, 15) is 9.90 Å². The van der Waals surface area contributed by atoms with Crippen LogP contribution in [0.2, 0.25) is 0 Å². The topological polar surface area (TPSA) is 49.3 Å². The lowest BCUT2D eigenvalue weighted by Gasteiger charge is -2.08. The Labute approximate surface area is 110 Å². The molecular weight excluding hydrogens is 338 g/mol. The molecule has 1 aromatic rings. The van der Waals surface area contributed by atoms with E-state index in [2.05, 4.69) is 37.2 Å². The number of nitrogens with one attached hydrogen (secondary N) is 1. The van der Waals surface area contributed by atoms with E-state index in [1.807, 2.05) is 0 Å². The van der Waals surface area contributed by atoms with Gasteiger partial charge in [0.05, 0.1) is 5.56 Å². The van der Waals surface area contributed by atoms with Crippen molar-refractivity contribution < 1.29 is 9.90 Å². The van der Waals surface area contributed by atoms with Gasteiger partial charge in [-0.2, -0.15) is 0 Å². The molecule has 2 N–H and O–H groups in total. The minimum absolute atomic E-state index is 0.0756. The Hall–Kier alpha value is -0.550. The summed E-state index contributed by atoms with van der Waals surface area (Å²) < 4.78 is 1.34. The molecule has 1 aliphatic carbocycles. The van der Waals surface area contributed by atoms with Crippen LogP contribution in [-0.2, 0) is 0 Å². The molecule has 0 aromatic heterocycles. The highest BCUT2D eigenvalue weighted by atomic mass is 79.9.